The van der Waals surface area contributed by atoms with Gasteiger partial charge in [0.2, 0.25) is 0 Å². The molecule has 0 heterocycles. The predicted molar refractivity (Wildman–Crippen MR) is 98.3 cm³/mol. The van der Waals surface area contributed by atoms with Gasteiger partial charge >= 0.3 is 0 Å². The summed E-state index contributed by atoms with van der Waals surface area (Å²) in [4.78, 5) is 0. The van der Waals surface area contributed by atoms with Gasteiger partial charge in [0, 0.05) is 16.0 Å². The molecule has 1 rings (SSSR count). The van der Waals surface area contributed by atoms with Crippen LogP contribution in [0.3, 0.4) is 0 Å². The highest BCUT2D eigenvalue weighted by Gasteiger charge is 2.28. The van der Waals surface area contributed by atoms with Crippen LogP contribution in [0.2, 0.25) is 5.02 Å². The number of halogens is 2. The summed E-state index contributed by atoms with van der Waals surface area (Å²) in [7, 11) is 0. The van der Waals surface area contributed by atoms with Gasteiger partial charge in [0.05, 0.1) is 0 Å². The van der Waals surface area contributed by atoms with Gasteiger partial charge < -0.3 is 5.32 Å². The van der Waals surface area contributed by atoms with Gasteiger partial charge in [-0.3, -0.25) is 0 Å². The lowest BCUT2D eigenvalue weighted by molar-refractivity contribution is 0.229. The highest BCUT2D eigenvalue weighted by molar-refractivity contribution is 9.10. The number of nitrogens with one attached hydrogen (secondary N) is 1. The molecule has 120 valence electrons. The van der Waals surface area contributed by atoms with Crippen molar-refractivity contribution in [2.75, 3.05) is 13.1 Å². The van der Waals surface area contributed by atoms with Gasteiger partial charge in [0.1, 0.15) is 0 Å². The van der Waals surface area contributed by atoms with E-state index < -0.39 is 0 Å². The van der Waals surface area contributed by atoms with Crippen molar-refractivity contribution in [1.82, 2.24) is 5.32 Å². The van der Waals surface area contributed by atoms with Gasteiger partial charge in [0.15, 0.2) is 0 Å². The van der Waals surface area contributed by atoms with E-state index in [9.17, 15) is 0 Å². The molecule has 1 aromatic rings. The van der Waals surface area contributed by atoms with E-state index in [0.717, 1.165) is 29.0 Å². The van der Waals surface area contributed by atoms with E-state index in [2.05, 4.69) is 54.2 Å². The van der Waals surface area contributed by atoms with E-state index in [-0.39, 0.29) is 0 Å². The third kappa shape index (κ3) is 6.30. The Morgan fingerprint density at radius 2 is 1.95 bits per heavy atom. The molecule has 0 aliphatic carbocycles. The monoisotopic (exact) mass is 373 g/mol. The molecule has 1 unspecified atom stereocenters. The molecule has 0 aliphatic heterocycles. The molecule has 1 atom stereocenters. The number of hydrogen-bond donors (Lipinski definition) is 1. The van der Waals surface area contributed by atoms with Crippen molar-refractivity contribution in [3.63, 3.8) is 0 Å². The van der Waals surface area contributed by atoms with Crippen LogP contribution >= 0.6 is 27.5 Å². The van der Waals surface area contributed by atoms with Crippen LogP contribution in [0.4, 0.5) is 0 Å². The molecule has 1 N–H and O–H groups in total. The lowest BCUT2D eigenvalue weighted by Crippen LogP contribution is -2.36. The SMILES string of the molecule is CCCCC(CC)(CNCCC)Cc1ccc(Br)cc1Cl. The normalized spacial score (nSPS) is 14.1. The van der Waals surface area contributed by atoms with Gasteiger partial charge in [-0.05, 0) is 55.3 Å². The molecular formula is C18H29BrClN. The maximum absolute atomic E-state index is 6.44. The Balaban J connectivity index is 2.87. The molecular weight excluding hydrogens is 346 g/mol. The van der Waals surface area contributed by atoms with E-state index in [0.29, 0.717) is 5.41 Å². The summed E-state index contributed by atoms with van der Waals surface area (Å²) >= 11 is 9.93. The van der Waals surface area contributed by atoms with E-state index in [1.165, 1.54) is 37.7 Å². The smallest absolute Gasteiger partial charge is 0.0449 e. The first-order chi connectivity index (χ1) is 10.1. The zero-order valence-electron chi connectivity index (χ0n) is 13.6. The second-order valence-corrected chi connectivity index (χ2v) is 7.37. The third-order valence-electron chi connectivity index (χ3n) is 4.32. The fourth-order valence-electron chi connectivity index (χ4n) is 2.82. The van der Waals surface area contributed by atoms with Gasteiger partial charge in [-0.2, -0.15) is 0 Å². The molecule has 0 saturated carbocycles. The Labute approximate surface area is 144 Å². The Bertz CT molecular complexity index is 422. The second kappa shape index (κ2) is 9.86. The largest absolute Gasteiger partial charge is 0.316 e. The standard InChI is InChI=1S/C18H29BrClN/c1-4-7-10-18(6-3,14-21-11-5-2)13-15-8-9-16(19)12-17(15)20/h8-9,12,21H,4-7,10-11,13-14H2,1-3H3. The first kappa shape index (κ1) is 19.0. The minimum absolute atomic E-state index is 0.322. The quantitative estimate of drug-likeness (QED) is 0.478. The van der Waals surface area contributed by atoms with Gasteiger partial charge in [-0.25, -0.2) is 0 Å². The Hall–Kier alpha value is -0.0500. The lowest BCUT2D eigenvalue weighted by Gasteiger charge is -2.34. The summed E-state index contributed by atoms with van der Waals surface area (Å²) in [5, 5.41) is 4.52. The molecule has 3 heteroatoms. The Kier molecular flexibility index (Phi) is 8.92. The summed E-state index contributed by atoms with van der Waals surface area (Å²) < 4.78 is 1.05. The number of unbranched alkanes of at least 4 members (excludes halogenated alkanes) is 1. The van der Waals surface area contributed by atoms with Gasteiger partial charge in [-0.1, -0.05) is 67.2 Å². The van der Waals surface area contributed by atoms with E-state index in [4.69, 9.17) is 11.6 Å². The first-order valence-electron chi connectivity index (χ1n) is 8.21. The molecule has 1 nitrogen and oxygen atoms in total. The van der Waals surface area contributed by atoms with Crippen LogP contribution in [0.25, 0.3) is 0 Å². The molecule has 0 radical (unpaired) electrons. The summed E-state index contributed by atoms with van der Waals surface area (Å²) in [6, 6.07) is 6.28. The maximum atomic E-state index is 6.44. The second-order valence-electron chi connectivity index (χ2n) is 6.05. The van der Waals surface area contributed by atoms with Crippen molar-refractivity contribution in [1.29, 1.82) is 0 Å². The zero-order valence-corrected chi connectivity index (χ0v) is 16.0. The van der Waals surface area contributed by atoms with Crippen LogP contribution in [0.15, 0.2) is 22.7 Å². The summed E-state index contributed by atoms with van der Waals surface area (Å²) in [5.41, 5.74) is 1.60. The van der Waals surface area contributed by atoms with Crippen LogP contribution in [0.1, 0.15) is 58.4 Å². The molecule has 0 saturated heterocycles. The maximum Gasteiger partial charge on any atom is 0.0449 e. The minimum atomic E-state index is 0.322. The molecule has 0 bridgehead atoms. The Morgan fingerprint density at radius 1 is 1.19 bits per heavy atom. The fourth-order valence-corrected chi connectivity index (χ4v) is 3.56. The zero-order chi connectivity index (χ0) is 15.7. The summed E-state index contributed by atoms with van der Waals surface area (Å²) in [6.07, 6.45) is 7.25. The molecule has 0 spiro atoms. The predicted octanol–water partition coefficient (Wildman–Crippen LogP) is 6.23. The molecule has 21 heavy (non-hydrogen) atoms. The molecule has 1 aromatic carbocycles. The molecule has 0 aromatic heterocycles. The topological polar surface area (TPSA) is 12.0 Å². The molecule has 0 amide bonds. The van der Waals surface area contributed by atoms with Crippen LogP contribution in [0, 0.1) is 5.41 Å². The highest BCUT2D eigenvalue weighted by Crippen LogP contribution is 2.35. The average Bonchev–Trinajstić information content (AvgIpc) is 2.47. The minimum Gasteiger partial charge on any atom is -0.316 e. The molecule has 0 fully saturated rings. The Morgan fingerprint density at radius 3 is 2.52 bits per heavy atom. The van der Waals surface area contributed by atoms with Crippen molar-refractivity contribution in [3.8, 4) is 0 Å². The van der Waals surface area contributed by atoms with Crippen molar-refractivity contribution >= 4 is 27.5 Å². The highest BCUT2D eigenvalue weighted by atomic mass is 79.9. The van der Waals surface area contributed by atoms with Crippen LogP contribution in [-0.2, 0) is 6.42 Å². The van der Waals surface area contributed by atoms with Crippen molar-refractivity contribution in [3.05, 3.63) is 33.3 Å². The van der Waals surface area contributed by atoms with E-state index in [1.54, 1.807) is 0 Å². The number of hydrogen-bond acceptors (Lipinski definition) is 1. The number of rotatable bonds is 10. The van der Waals surface area contributed by atoms with Crippen molar-refractivity contribution < 1.29 is 0 Å². The number of benzene rings is 1. The van der Waals surface area contributed by atoms with Crippen LogP contribution in [0.5, 0.6) is 0 Å². The summed E-state index contributed by atoms with van der Waals surface area (Å²) in [5.74, 6) is 0. The van der Waals surface area contributed by atoms with Crippen molar-refractivity contribution in [2.45, 2.75) is 59.3 Å². The van der Waals surface area contributed by atoms with E-state index >= 15 is 0 Å². The first-order valence-corrected chi connectivity index (χ1v) is 9.38. The van der Waals surface area contributed by atoms with Crippen molar-refractivity contribution in [2.24, 2.45) is 5.41 Å². The third-order valence-corrected chi connectivity index (χ3v) is 5.16. The lowest BCUT2D eigenvalue weighted by atomic mass is 9.75. The summed E-state index contributed by atoms with van der Waals surface area (Å²) in [6.45, 7) is 8.99. The van der Waals surface area contributed by atoms with Crippen LogP contribution < -0.4 is 5.32 Å². The average molecular weight is 375 g/mol. The van der Waals surface area contributed by atoms with Gasteiger partial charge in [-0.15, -0.1) is 0 Å². The molecule has 0 aliphatic rings. The van der Waals surface area contributed by atoms with E-state index in [1.807, 2.05) is 6.07 Å². The van der Waals surface area contributed by atoms with Gasteiger partial charge in [0.25, 0.3) is 0 Å². The fraction of sp³-hybridized carbons (Fsp3) is 0.667. The van der Waals surface area contributed by atoms with Crippen LogP contribution in [-0.4, -0.2) is 13.1 Å².